The maximum Gasteiger partial charge on any atom is 0.00684 e. The highest BCUT2D eigenvalue weighted by Gasteiger charge is 2.37. The van der Waals surface area contributed by atoms with Crippen LogP contribution in [0.4, 0.5) is 0 Å². The van der Waals surface area contributed by atoms with E-state index in [0.717, 1.165) is 12.0 Å². The topological polar surface area (TPSA) is 15.3 Å². The van der Waals surface area contributed by atoms with Crippen molar-refractivity contribution in [1.82, 2.24) is 10.2 Å². The molecule has 0 bridgehead atoms. The Balaban J connectivity index is 1.92. The Kier molecular flexibility index (Phi) is 6.35. The van der Waals surface area contributed by atoms with Crippen LogP contribution in [0.3, 0.4) is 0 Å². The van der Waals surface area contributed by atoms with E-state index in [-0.39, 0.29) is 0 Å². The van der Waals surface area contributed by atoms with E-state index in [4.69, 9.17) is 0 Å². The summed E-state index contributed by atoms with van der Waals surface area (Å²) in [6.07, 6.45) is 11.3. The SMILES string of the molecule is CCCCN(CC)CC1(CNC2CC2)CCCC(C)C1. The molecule has 0 aromatic rings. The Morgan fingerprint density at radius 3 is 2.60 bits per heavy atom. The quantitative estimate of drug-likeness (QED) is 0.685. The normalized spacial score (nSPS) is 30.9. The summed E-state index contributed by atoms with van der Waals surface area (Å²) in [6.45, 7) is 12.2. The maximum absolute atomic E-state index is 3.85. The summed E-state index contributed by atoms with van der Waals surface area (Å²) in [6, 6.07) is 0.856. The summed E-state index contributed by atoms with van der Waals surface area (Å²) < 4.78 is 0. The van der Waals surface area contributed by atoms with Gasteiger partial charge in [-0.3, -0.25) is 0 Å². The summed E-state index contributed by atoms with van der Waals surface area (Å²) in [5.41, 5.74) is 0.560. The van der Waals surface area contributed by atoms with Gasteiger partial charge in [0.15, 0.2) is 0 Å². The largest absolute Gasteiger partial charge is 0.313 e. The van der Waals surface area contributed by atoms with Gasteiger partial charge in [-0.1, -0.05) is 40.0 Å². The van der Waals surface area contributed by atoms with Crippen molar-refractivity contribution in [2.45, 2.75) is 78.2 Å². The van der Waals surface area contributed by atoms with Crippen LogP contribution in [0, 0.1) is 11.3 Å². The zero-order valence-electron chi connectivity index (χ0n) is 14.1. The van der Waals surface area contributed by atoms with Crippen molar-refractivity contribution >= 4 is 0 Å². The standard InChI is InChI=1S/C18H36N2/c1-4-6-12-20(5-2)15-18(14-19-17-9-10-17)11-7-8-16(3)13-18/h16-17,19H,4-15H2,1-3H3. The molecule has 118 valence electrons. The minimum Gasteiger partial charge on any atom is -0.313 e. The van der Waals surface area contributed by atoms with Crippen molar-refractivity contribution in [3.8, 4) is 0 Å². The van der Waals surface area contributed by atoms with Crippen LogP contribution >= 0.6 is 0 Å². The molecule has 0 aliphatic heterocycles. The molecule has 2 aliphatic rings. The van der Waals surface area contributed by atoms with Crippen molar-refractivity contribution in [3.05, 3.63) is 0 Å². The van der Waals surface area contributed by atoms with Crippen LogP contribution in [0.25, 0.3) is 0 Å². The van der Waals surface area contributed by atoms with Gasteiger partial charge in [-0.25, -0.2) is 0 Å². The predicted octanol–water partition coefficient (Wildman–Crippen LogP) is 4.06. The molecule has 0 heterocycles. The Bertz CT molecular complexity index is 275. The molecular formula is C18H36N2. The zero-order chi connectivity index (χ0) is 14.4. The van der Waals surface area contributed by atoms with Gasteiger partial charge in [-0.2, -0.15) is 0 Å². The molecule has 2 rings (SSSR count). The van der Waals surface area contributed by atoms with E-state index in [1.807, 2.05) is 0 Å². The lowest BCUT2D eigenvalue weighted by Gasteiger charge is -2.43. The molecule has 0 spiro atoms. The Labute approximate surface area is 126 Å². The molecule has 2 saturated carbocycles. The molecule has 2 aliphatic carbocycles. The third-order valence-corrected chi connectivity index (χ3v) is 5.36. The van der Waals surface area contributed by atoms with Gasteiger partial charge in [0, 0.05) is 19.1 Å². The Morgan fingerprint density at radius 1 is 1.20 bits per heavy atom. The van der Waals surface area contributed by atoms with E-state index in [0.29, 0.717) is 5.41 Å². The molecule has 2 unspecified atom stereocenters. The molecule has 0 aromatic carbocycles. The zero-order valence-corrected chi connectivity index (χ0v) is 14.1. The number of unbranched alkanes of at least 4 members (excludes halogenated alkanes) is 1. The average Bonchev–Trinajstić information content (AvgIpc) is 3.26. The first-order valence-corrected chi connectivity index (χ1v) is 9.13. The lowest BCUT2D eigenvalue weighted by Crippen LogP contribution is -2.47. The molecular weight excluding hydrogens is 244 g/mol. The van der Waals surface area contributed by atoms with E-state index in [2.05, 4.69) is 31.0 Å². The lowest BCUT2D eigenvalue weighted by atomic mass is 9.69. The van der Waals surface area contributed by atoms with E-state index in [9.17, 15) is 0 Å². The summed E-state index contributed by atoms with van der Waals surface area (Å²) >= 11 is 0. The van der Waals surface area contributed by atoms with Crippen LogP contribution in [0.1, 0.15) is 72.1 Å². The third-order valence-electron chi connectivity index (χ3n) is 5.36. The Morgan fingerprint density at radius 2 is 2.00 bits per heavy atom. The van der Waals surface area contributed by atoms with Crippen molar-refractivity contribution < 1.29 is 0 Å². The van der Waals surface area contributed by atoms with Gasteiger partial charge < -0.3 is 10.2 Å². The first-order valence-electron chi connectivity index (χ1n) is 9.13. The smallest absolute Gasteiger partial charge is 0.00684 e. The summed E-state index contributed by atoms with van der Waals surface area (Å²) in [5.74, 6) is 0.926. The molecule has 20 heavy (non-hydrogen) atoms. The van der Waals surface area contributed by atoms with Crippen LogP contribution in [0.15, 0.2) is 0 Å². The molecule has 0 radical (unpaired) electrons. The van der Waals surface area contributed by atoms with Crippen LogP contribution in [0.2, 0.25) is 0 Å². The summed E-state index contributed by atoms with van der Waals surface area (Å²) in [4.78, 5) is 2.72. The van der Waals surface area contributed by atoms with Gasteiger partial charge in [0.1, 0.15) is 0 Å². The molecule has 2 atom stereocenters. The molecule has 0 aromatic heterocycles. The second-order valence-electron chi connectivity index (χ2n) is 7.58. The number of hydrogen-bond donors (Lipinski definition) is 1. The highest BCUT2D eigenvalue weighted by atomic mass is 15.1. The van der Waals surface area contributed by atoms with E-state index >= 15 is 0 Å². The van der Waals surface area contributed by atoms with E-state index in [1.54, 1.807) is 0 Å². The lowest BCUT2D eigenvalue weighted by molar-refractivity contribution is 0.0812. The maximum atomic E-state index is 3.85. The van der Waals surface area contributed by atoms with Gasteiger partial charge in [-0.15, -0.1) is 0 Å². The van der Waals surface area contributed by atoms with E-state index in [1.165, 1.54) is 77.5 Å². The number of nitrogens with one attached hydrogen (secondary N) is 1. The fourth-order valence-electron chi connectivity index (χ4n) is 3.98. The molecule has 0 saturated heterocycles. The van der Waals surface area contributed by atoms with Gasteiger partial charge in [-0.05, 0) is 56.5 Å². The second-order valence-corrected chi connectivity index (χ2v) is 7.58. The van der Waals surface area contributed by atoms with Gasteiger partial charge >= 0.3 is 0 Å². The number of hydrogen-bond acceptors (Lipinski definition) is 2. The first kappa shape index (κ1) is 16.3. The van der Waals surface area contributed by atoms with Crippen molar-refractivity contribution in [2.75, 3.05) is 26.2 Å². The van der Waals surface area contributed by atoms with Crippen LogP contribution in [-0.4, -0.2) is 37.1 Å². The molecule has 2 heteroatoms. The minimum atomic E-state index is 0.560. The van der Waals surface area contributed by atoms with Gasteiger partial charge in [0.25, 0.3) is 0 Å². The fraction of sp³-hybridized carbons (Fsp3) is 1.00. The molecule has 2 fully saturated rings. The molecule has 2 nitrogen and oxygen atoms in total. The van der Waals surface area contributed by atoms with Crippen molar-refractivity contribution in [1.29, 1.82) is 0 Å². The number of rotatable bonds is 9. The van der Waals surface area contributed by atoms with Crippen LogP contribution in [0.5, 0.6) is 0 Å². The first-order chi connectivity index (χ1) is 9.67. The highest BCUT2D eigenvalue weighted by molar-refractivity contribution is 4.92. The van der Waals surface area contributed by atoms with E-state index < -0.39 is 0 Å². The molecule has 0 amide bonds. The second kappa shape index (κ2) is 7.79. The van der Waals surface area contributed by atoms with Gasteiger partial charge in [0.05, 0.1) is 0 Å². The minimum absolute atomic E-state index is 0.560. The Hall–Kier alpha value is -0.0800. The highest BCUT2D eigenvalue weighted by Crippen LogP contribution is 2.40. The van der Waals surface area contributed by atoms with Crippen LogP contribution < -0.4 is 5.32 Å². The van der Waals surface area contributed by atoms with Crippen LogP contribution in [-0.2, 0) is 0 Å². The van der Waals surface area contributed by atoms with Gasteiger partial charge in [0.2, 0.25) is 0 Å². The number of nitrogens with zero attached hydrogens (tertiary/aromatic N) is 1. The average molecular weight is 280 g/mol. The summed E-state index contributed by atoms with van der Waals surface area (Å²) in [5, 5.41) is 3.85. The molecule has 1 N–H and O–H groups in total. The van der Waals surface area contributed by atoms with Crippen molar-refractivity contribution in [3.63, 3.8) is 0 Å². The predicted molar refractivity (Wildman–Crippen MR) is 88.1 cm³/mol. The third kappa shape index (κ3) is 5.04. The van der Waals surface area contributed by atoms with Crippen molar-refractivity contribution in [2.24, 2.45) is 11.3 Å². The fourth-order valence-corrected chi connectivity index (χ4v) is 3.98. The monoisotopic (exact) mass is 280 g/mol. The summed E-state index contributed by atoms with van der Waals surface area (Å²) in [7, 11) is 0.